The van der Waals surface area contributed by atoms with Crippen LogP contribution in [-0.2, 0) is 19.1 Å². The van der Waals surface area contributed by atoms with E-state index < -0.39 is 29.7 Å². The predicted octanol–water partition coefficient (Wildman–Crippen LogP) is 5.37. The van der Waals surface area contributed by atoms with Gasteiger partial charge in [0.15, 0.2) is 5.78 Å². The molecule has 164 valence electrons. The van der Waals surface area contributed by atoms with Crippen LogP contribution in [0, 0.1) is 0 Å². The van der Waals surface area contributed by atoms with E-state index >= 15 is 0 Å². The largest absolute Gasteiger partial charge is 0.481 e. The molecule has 0 amide bonds. The molecule has 0 aromatic rings. The van der Waals surface area contributed by atoms with Crippen LogP contribution in [0.2, 0.25) is 0 Å². The van der Waals surface area contributed by atoms with E-state index in [2.05, 4.69) is 13.8 Å². The van der Waals surface area contributed by atoms with E-state index in [-0.39, 0.29) is 13.0 Å². The zero-order chi connectivity index (χ0) is 21.3. The fourth-order valence-corrected chi connectivity index (χ4v) is 3.27. The van der Waals surface area contributed by atoms with E-state index in [0.29, 0.717) is 12.8 Å². The normalized spacial score (nSPS) is 13.2. The number of hydrogen-bond donors (Lipinski definition) is 2. The van der Waals surface area contributed by atoms with Gasteiger partial charge in [0.1, 0.15) is 0 Å². The van der Waals surface area contributed by atoms with Crippen molar-refractivity contribution in [2.75, 3.05) is 6.61 Å². The van der Waals surface area contributed by atoms with Crippen LogP contribution in [0.25, 0.3) is 0 Å². The highest BCUT2D eigenvalue weighted by atomic mass is 16.5. The lowest BCUT2D eigenvalue weighted by molar-refractivity contribution is -0.178. The lowest BCUT2D eigenvalue weighted by Gasteiger charge is -2.27. The van der Waals surface area contributed by atoms with Crippen molar-refractivity contribution in [3.8, 4) is 0 Å². The number of carboxylic acids is 2. The number of hydrogen-bond acceptors (Lipinski definition) is 4. The first kappa shape index (κ1) is 26.6. The average Bonchev–Trinajstić information content (AvgIpc) is 2.64. The van der Waals surface area contributed by atoms with Crippen molar-refractivity contribution < 1.29 is 29.3 Å². The molecule has 0 aliphatic rings. The molecule has 0 rings (SSSR count). The van der Waals surface area contributed by atoms with Gasteiger partial charge in [-0.25, -0.2) is 4.79 Å². The number of carbonyl (C=O) groups is 3. The van der Waals surface area contributed by atoms with Crippen LogP contribution in [0.5, 0.6) is 0 Å². The zero-order valence-corrected chi connectivity index (χ0v) is 17.8. The Bertz CT molecular complexity index is 448. The van der Waals surface area contributed by atoms with E-state index in [0.717, 1.165) is 38.5 Å². The molecule has 1 unspecified atom stereocenters. The standard InChI is InChI=1S/C22H40O6/c1-3-5-7-9-10-11-12-13-14-16-19(23)22(21(26)27,18-20(24)25)28-17-15-8-6-4-2/h3-18H2,1-2H3,(H,24,25)(H,26,27). The van der Waals surface area contributed by atoms with Gasteiger partial charge in [-0.1, -0.05) is 84.5 Å². The van der Waals surface area contributed by atoms with E-state index in [4.69, 9.17) is 9.84 Å². The monoisotopic (exact) mass is 400 g/mol. The fourth-order valence-electron chi connectivity index (χ4n) is 3.27. The molecule has 0 aliphatic carbocycles. The predicted molar refractivity (Wildman–Crippen MR) is 110 cm³/mol. The second kappa shape index (κ2) is 16.5. The van der Waals surface area contributed by atoms with Crippen molar-refractivity contribution in [2.45, 2.75) is 116 Å². The van der Waals surface area contributed by atoms with Crippen LogP contribution in [-0.4, -0.2) is 40.1 Å². The van der Waals surface area contributed by atoms with Gasteiger partial charge >= 0.3 is 11.9 Å². The lowest BCUT2D eigenvalue weighted by Crippen LogP contribution is -2.51. The molecule has 2 N–H and O–H groups in total. The van der Waals surface area contributed by atoms with E-state index in [1.807, 2.05) is 0 Å². The van der Waals surface area contributed by atoms with Crippen LogP contribution in [0.4, 0.5) is 0 Å². The number of carboxylic acid groups (broad SMARTS) is 2. The zero-order valence-electron chi connectivity index (χ0n) is 17.8. The van der Waals surface area contributed by atoms with Gasteiger partial charge in [0.2, 0.25) is 5.60 Å². The first-order valence-electron chi connectivity index (χ1n) is 11.0. The summed E-state index contributed by atoms with van der Waals surface area (Å²) in [6, 6.07) is 0. The summed E-state index contributed by atoms with van der Waals surface area (Å²) in [5.41, 5.74) is -2.25. The Kier molecular flexibility index (Phi) is 15.7. The molecular formula is C22H40O6. The molecule has 0 bridgehead atoms. The molecule has 0 heterocycles. The van der Waals surface area contributed by atoms with Crippen LogP contribution in [0.3, 0.4) is 0 Å². The second-order valence-electron chi connectivity index (χ2n) is 7.61. The van der Waals surface area contributed by atoms with Crippen molar-refractivity contribution in [1.82, 2.24) is 0 Å². The quantitative estimate of drug-likeness (QED) is 0.210. The topological polar surface area (TPSA) is 101 Å². The molecular weight excluding hydrogens is 360 g/mol. The Balaban J connectivity index is 4.46. The molecule has 1 atom stereocenters. The fraction of sp³-hybridized carbons (Fsp3) is 0.864. The first-order valence-corrected chi connectivity index (χ1v) is 11.0. The molecule has 28 heavy (non-hydrogen) atoms. The summed E-state index contributed by atoms with van der Waals surface area (Å²) < 4.78 is 5.41. The number of carbonyl (C=O) groups excluding carboxylic acids is 1. The Morgan fingerprint density at radius 1 is 0.714 bits per heavy atom. The highest BCUT2D eigenvalue weighted by Crippen LogP contribution is 2.23. The van der Waals surface area contributed by atoms with Crippen LogP contribution < -0.4 is 0 Å². The summed E-state index contributed by atoms with van der Waals surface area (Å²) in [6.07, 6.45) is 12.5. The van der Waals surface area contributed by atoms with E-state index in [9.17, 15) is 19.5 Å². The number of rotatable bonds is 20. The second-order valence-corrected chi connectivity index (χ2v) is 7.61. The molecule has 0 aromatic heterocycles. The van der Waals surface area contributed by atoms with Crippen molar-refractivity contribution in [3.63, 3.8) is 0 Å². The van der Waals surface area contributed by atoms with E-state index in [1.54, 1.807) is 0 Å². The molecule has 0 aliphatic heterocycles. The summed E-state index contributed by atoms with van der Waals surface area (Å²) in [6.45, 7) is 4.33. The van der Waals surface area contributed by atoms with Gasteiger partial charge in [-0.2, -0.15) is 0 Å². The third-order valence-corrected chi connectivity index (χ3v) is 5.05. The van der Waals surface area contributed by atoms with Gasteiger partial charge in [-0.05, 0) is 12.8 Å². The minimum absolute atomic E-state index is 0.0460. The van der Waals surface area contributed by atoms with Crippen LogP contribution in [0.15, 0.2) is 0 Å². The van der Waals surface area contributed by atoms with Crippen LogP contribution >= 0.6 is 0 Å². The van der Waals surface area contributed by atoms with E-state index in [1.165, 1.54) is 32.1 Å². The van der Waals surface area contributed by atoms with Gasteiger partial charge in [0.25, 0.3) is 0 Å². The minimum Gasteiger partial charge on any atom is -0.481 e. The molecule has 0 spiro atoms. The lowest BCUT2D eigenvalue weighted by atomic mass is 9.90. The third-order valence-electron chi connectivity index (χ3n) is 5.05. The Hall–Kier alpha value is -1.43. The smallest absolute Gasteiger partial charge is 0.344 e. The third kappa shape index (κ3) is 11.4. The maximum absolute atomic E-state index is 12.6. The molecule has 0 saturated carbocycles. The van der Waals surface area contributed by atoms with Gasteiger partial charge < -0.3 is 14.9 Å². The minimum atomic E-state index is -2.25. The summed E-state index contributed by atoms with van der Waals surface area (Å²) in [5.74, 6) is -3.46. The summed E-state index contributed by atoms with van der Waals surface area (Å²) in [4.78, 5) is 35.6. The number of unbranched alkanes of at least 4 members (excludes halogenated alkanes) is 11. The summed E-state index contributed by atoms with van der Waals surface area (Å²) in [7, 11) is 0. The Labute approximate surface area is 170 Å². The molecule has 0 aromatic carbocycles. The Morgan fingerprint density at radius 3 is 1.64 bits per heavy atom. The van der Waals surface area contributed by atoms with Gasteiger partial charge in [-0.3, -0.25) is 9.59 Å². The molecule has 0 radical (unpaired) electrons. The highest BCUT2D eigenvalue weighted by molar-refractivity contribution is 6.09. The summed E-state index contributed by atoms with van der Waals surface area (Å²) in [5, 5.41) is 18.7. The number of Topliss-reactive ketones (excluding diaryl/α,β-unsaturated/α-hetero) is 1. The van der Waals surface area contributed by atoms with Crippen molar-refractivity contribution in [3.05, 3.63) is 0 Å². The van der Waals surface area contributed by atoms with Gasteiger partial charge in [-0.15, -0.1) is 0 Å². The maximum atomic E-state index is 12.6. The van der Waals surface area contributed by atoms with Crippen molar-refractivity contribution >= 4 is 17.7 Å². The van der Waals surface area contributed by atoms with Crippen LogP contribution in [0.1, 0.15) is 110 Å². The number of ether oxygens (including phenoxy) is 1. The van der Waals surface area contributed by atoms with Crippen molar-refractivity contribution in [2.24, 2.45) is 0 Å². The number of aliphatic carboxylic acids is 2. The first-order chi connectivity index (χ1) is 13.4. The molecule has 6 heteroatoms. The molecule has 0 saturated heterocycles. The van der Waals surface area contributed by atoms with Gasteiger partial charge in [0, 0.05) is 13.0 Å². The van der Waals surface area contributed by atoms with Gasteiger partial charge in [0.05, 0.1) is 6.42 Å². The Morgan fingerprint density at radius 2 is 1.18 bits per heavy atom. The number of ketones is 1. The maximum Gasteiger partial charge on any atom is 0.344 e. The summed E-state index contributed by atoms with van der Waals surface area (Å²) >= 11 is 0. The SMILES string of the molecule is CCCCCCCCCCCC(=O)C(CC(=O)O)(OCCCCCC)C(=O)O. The highest BCUT2D eigenvalue weighted by Gasteiger charge is 2.48. The van der Waals surface area contributed by atoms with Crippen molar-refractivity contribution in [1.29, 1.82) is 0 Å². The molecule has 6 nitrogen and oxygen atoms in total. The average molecular weight is 401 g/mol. The molecule has 0 fully saturated rings.